The highest BCUT2D eigenvalue weighted by Crippen LogP contribution is 2.34. The number of aromatic nitrogens is 2. The number of fused-ring (bicyclic) bond motifs is 1. The number of esters is 1. The van der Waals surface area contributed by atoms with Crippen LogP contribution in [-0.4, -0.2) is 65.1 Å². The Morgan fingerprint density at radius 1 is 1.13 bits per heavy atom. The van der Waals surface area contributed by atoms with Crippen LogP contribution in [0.4, 0.5) is 0 Å². The van der Waals surface area contributed by atoms with Crippen molar-refractivity contribution in [2.24, 2.45) is 0 Å². The molecule has 200 valence electrons. The van der Waals surface area contributed by atoms with Gasteiger partial charge in [-0.1, -0.05) is 35.3 Å². The zero-order chi connectivity index (χ0) is 26.6. The lowest BCUT2D eigenvalue weighted by Gasteiger charge is -2.33. The second kappa shape index (κ2) is 11.7. The van der Waals surface area contributed by atoms with E-state index in [1.165, 1.54) is 5.56 Å². The van der Waals surface area contributed by atoms with E-state index in [1.807, 2.05) is 18.2 Å². The van der Waals surface area contributed by atoms with Gasteiger partial charge in [-0.2, -0.15) is 0 Å². The quantitative estimate of drug-likeness (QED) is 0.262. The SMILES string of the molecule is CCOC(=O)c1nnc(-c2cc3c(OC[C@@H](O)CN4CCC(c5ccc(Cl)c(Cl)c5)CC4)cccc3o2)o1. The number of nitrogens with zero attached hydrogens (tertiary/aromatic N) is 3. The Bertz CT molecular complexity index is 1410. The topological polar surface area (TPSA) is 111 Å². The van der Waals surface area contributed by atoms with Crippen LogP contribution in [0.15, 0.2) is 51.3 Å². The molecule has 2 aromatic carbocycles. The van der Waals surface area contributed by atoms with Crippen LogP contribution in [0.1, 0.15) is 41.9 Å². The summed E-state index contributed by atoms with van der Waals surface area (Å²) >= 11 is 12.2. The molecule has 1 fully saturated rings. The van der Waals surface area contributed by atoms with Gasteiger partial charge in [0.15, 0.2) is 5.76 Å². The fourth-order valence-corrected chi connectivity index (χ4v) is 4.92. The summed E-state index contributed by atoms with van der Waals surface area (Å²) in [4.78, 5) is 14.1. The summed E-state index contributed by atoms with van der Waals surface area (Å²) in [5.74, 6) is 0.389. The Hall–Kier alpha value is -3.11. The molecule has 0 aliphatic carbocycles. The number of piperidine rings is 1. The van der Waals surface area contributed by atoms with Crippen molar-refractivity contribution >= 4 is 40.1 Å². The molecule has 9 nitrogen and oxygen atoms in total. The minimum absolute atomic E-state index is 0.0551. The number of aliphatic hydroxyl groups is 1. The van der Waals surface area contributed by atoms with Crippen LogP contribution in [0, 0.1) is 0 Å². The van der Waals surface area contributed by atoms with Crippen LogP contribution in [-0.2, 0) is 4.74 Å². The Labute approximate surface area is 229 Å². The van der Waals surface area contributed by atoms with Gasteiger partial charge in [0.1, 0.15) is 24.0 Å². The summed E-state index contributed by atoms with van der Waals surface area (Å²) in [5.41, 5.74) is 1.75. The van der Waals surface area contributed by atoms with Gasteiger partial charge < -0.3 is 28.3 Å². The number of ether oxygens (including phenoxy) is 2. The molecule has 0 bridgehead atoms. The van der Waals surface area contributed by atoms with E-state index in [9.17, 15) is 9.90 Å². The Morgan fingerprint density at radius 2 is 1.95 bits per heavy atom. The van der Waals surface area contributed by atoms with E-state index in [-0.39, 0.29) is 25.0 Å². The molecule has 0 spiro atoms. The molecule has 1 N–H and O–H groups in total. The molecule has 0 saturated carbocycles. The highest BCUT2D eigenvalue weighted by molar-refractivity contribution is 6.42. The van der Waals surface area contributed by atoms with Crippen LogP contribution in [0.25, 0.3) is 22.6 Å². The zero-order valence-corrected chi connectivity index (χ0v) is 22.2. The average Bonchev–Trinajstić information content (AvgIpc) is 3.58. The van der Waals surface area contributed by atoms with Crippen molar-refractivity contribution < 1.29 is 28.2 Å². The number of hydrogen-bond donors (Lipinski definition) is 1. The zero-order valence-electron chi connectivity index (χ0n) is 20.7. The number of furan rings is 1. The summed E-state index contributed by atoms with van der Waals surface area (Å²) < 4.78 is 22.0. The van der Waals surface area contributed by atoms with Crippen LogP contribution >= 0.6 is 23.2 Å². The molecule has 4 aromatic rings. The van der Waals surface area contributed by atoms with E-state index in [0.29, 0.717) is 45.0 Å². The van der Waals surface area contributed by atoms with Crippen molar-refractivity contribution in [3.63, 3.8) is 0 Å². The van der Waals surface area contributed by atoms with Gasteiger partial charge in [0, 0.05) is 12.6 Å². The van der Waals surface area contributed by atoms with Gasteiger partial charge >= 0.3 is 11.9 Å². The third-order valence-corrected chi connectivity index (χ3v) is 7.25. The van der Waals surface area contributed by atoms with Gasteiger partial charge in [-0.05, 0) is 68.6 Å². The summed E-state index contributed by atoms with van der Waals surface area (Å²) in [6, 6.07) is 12.9. The molecule has 11 heteroatoms. The second-order valence-electron chi connectivity index (χ2n) is 9.12. The predicted molar refractivity (Wildman–Crippen MR) is 142 cm³/mol. The molecule has 5 rings (SSSR count). The number of β-amino-alcohol motifs (C(OH)–C–C–N with tert-alkyl or cyclic N) is 1. The monoisotopic (exact) mass is 559 g/mol. The fourth-order valence-electron chi connectivity index (χ4n) is 4.62. The first kappa shape index (κ1) is 26.5. The second-order valence-corrected chi connectivity index (χ2v) is 9.94. The standard InChI is InChI=1S/C27H27Cl2N3O6/c1-2-35-27(34)26-31-30-25(38-26)24-13-19-22(4-3-5-23(19)37-24)36-15-18(33)14-32-10-8-16(9-11-32)17-6-7-20(28)21(29)12-17/h3-7,12-13,16,18,33H,2,8-11,14-15H2,1H3/t18-/m0/s1. The van der Waals surface area contributed by atoms with Gasteiger partial charge in [-0.3, -0.25) is 0 Å². The largest absolute Gasteiger partial charge is 0.490 e. The van der Waals surface area contributed by atoms with E-state index in [0.717, 1.165) is 25.9 Å². The number of halogens is 2. The van der Waals surface area contributed by atoms with E-state index < -0.39 is 12.1 Å². The number of likely N-dealkylation sites (tertiary alicyclic amines) is 1. The lowest BCUT2D eigenvalue weighted by molar-refractivity contribution is 0.0481. The van der Waals surface area contributed by atoms with Gasteiger partial charge in [0.2, 0.25) is 0 Å². The maximum Gasteiger partial charge on any atom is 0.396 e. The smallest absolute Gasteiger partial charge is 0.396 e. The minimum atomic E-state index is -0.695. The highest BCUT2D eigenvalue weighted by Gasteiger charge is 2.24. The molecule has 1 saturated heterocycles. The molecule has 38 heavy (non-hydrogen) atoms. The van der Waals surface area contributed by atoms with Crippen LogP contribution in [0.3, 0.4) is 0 Å². The Morgan fingerprint density at radius 3 is 2.71 bits per heavy atom. The predicted octanol–water partition coefficient (Wildman–Crippen LogP) is 5.59. The molecule has 3 heterocycles. The summed E-state index contributed by atoms with van der Waals surface area (Å²) in [6.45, 7) is 4.28. The summed E-state index contributed by atoms with van der Waals surface area (Å²) in [5, 5.41) is 20.1. The minimum Gasteiger partial charge on any atom is -0.490 e. The third kappa shape index (κ3) is 5.96. The maximum atomic E-state index is 11.8. The molecule has 0 amide bonds. The number of carbonyl (C=O) groups is 1. The number of rotatable bonds is 9. The number of aliphatic hydroxyl groups excluding tert-OH is 1. The lowest BCUT2D eigenvalue weighted by Crippen LogP contribution is -2.40. The van der Waals surface area contributed by atoms with E-state index >= 15 is 0 Å². The van der Waals surface area contributed by atoms with E-state index in [2.05, 4.69) is 15.1 Å². The molecule has 2 aromatic heterocycles. The Kier molecular flexibility index (Phi) is 8.18. The average molecular weight is 560 g/mol. The first-order valence-corrected chi connectivity index (χ1v) is 13.2. The van der Waals surface area contributed by atoms with Crippen LogP contribution in [0.2, 0.25) is 10.0 Å². The van der Waals surface area contributed by atoms with Crippen molar-refractivity contribution in [3.05, 3.63) is 64.0 Å². The molecule has 1 atom stereocenters. The molecule has 1 aliphatic heterocycles. The number of carbonyl (C=O) groups excluding carboxylic acids is 1. The Balaban J connectivity index is 1.16. The van der Waals surface area contributed by atoms with Crippen LogP contribution < -0.4 is 4.74 Å². The molecule has 1 aliphatic rings. The van der Waals surface area contributed by atoms with Gasteiger partial charge in [-0.15, -0.1) is 10.2 Å². The van der Waals surface area contributed by atoms with Gasteiger partial charge in [0.05, 0.1) is 22.0 Å². The van der Waals surface area contributed by atoms with Gasteiger partial charge in [-0.25, -0.2) is 4.79 Å². The van der Waals surface area contributed by atoms with Crippen molar-refractivity contribution in [2.75, 3.05) is 32.8 Å². The fraction of sp³-hybridized carbons (Fsp3) is 0.370. The molecular weight excluding hydrogens is 533 g/mol. The van der Waals surface area contributed by atoms with Crippen molar-refractivity contribution in [2.45, 2.75) is 31.8 Å². The molecule has 0 radical (unpaired) electrons. The van der Waals surface area contributed by atoms with E-state index in [4.69, 9.17) is 41.5 Å². The first-order chi connectivity index (χ1) is 18.4. The normalized spacial score (nSPS) is 15.6. The van der Waals surface area contributed by atoms with E-state index in [1.54, 1.807) is 31.2 Å². The highest BCUT2D eigenvalue weighted by atomic mass is 35.5. The maximum absolute atomic E-state index is 11.8. The third-order valence-electron chi connectivity index (χ3n) is 6.51. The summed E-state index contributed by atoms with van der Waals surface area (Å²) in [7, 11) is 0. The first-order valence-electron chi connectivity index (χ1n) is 12.4. The van der Waals surface area contributed by atoms with Crippen molar-refractivity contribution in [1.29, 1.82) is 0 Å². The number of benzene rings is 2. The number of hydrogen-bond acceptors (Lipinski definition) is 9. The summed E-state index contributed by atoms with van der Waals surface area (Å²) in [6.07, 6.45) is 1.30. The molecule has 0 unspecified atom stereocenters. The molecular formula is C27H27Cl2N3O6. The van der Waals surface area contributed by atoms with Crippen molar-refractivity contribution in [3.8, 4) is 17.4 Å². The van der Waals surface area contributed by atoms with Crippen LogP contribution in [0.5, 0.6) is 5.75 Å². The lowest BCUT2D eigenvalue weighted by atomic mass is 9.89. The van der Waals surface area contributed by atoms with Crippen molar-refractivity contribution in [1.82, 2.24) is 15.1 Å². The van der Waals surface area contributed by atoms with Gasteiger partial charge in [0.25, 0.3) is 5.89 Å².